The Morgan fingerprint density at radius 3 is 1.27 bits per heavy atom. The molecule has 6 aromatic rings. The fourth-order valence-electron chi connectivity index (χ4n) is 6.88. The van der Waals surface area contributed by atoms with E-state index < -0.39 is 0 Å². The average molecular weight is 743 g/mol. The second kappa shape index (κ2) is 17.4. The van der Waals surface area contributed by atoms with Crippen molar-refractivity contribution in [3.8, 4) is 11.1 Å². The first-order chi connectivity index (χ1) is 27.5. The molecule has 2 atom stereocenters. The van der Waals surface area contributed by atoms with Gasteiger partial charge in [-0.2, -0.15) is 0 Å². The first kappa shape index (κ1) is 37.3. The summed E-state index contributed by atoms with van der Waals surface area (Å²) >= 11 is 0. The molecule has 8 rings (SSSR count). The zero-order valence-corrected chi connectivity index (χ0v) is 32.4. The molecular weight excluding hydrogens is 693 g/mol. The van der Waals surface area contributed by atoms with Crippen LogP contribution in [0.5, 0.6) is 0 Å². The molecule has 0 spiro atoms. The lowest BCUT2D eigenvalue weighted by Crippen LogP contribution is -2.10. The lowest BCUT2D eigenvalue weighted by Gasteiger charge is -2.27. The van der Waals surface area contributed by atoms with Crippen LogP contribution >= 0.6 is 0 Å². The van der Waals surface area contributed by atoms with E-state index in [-0.39, 0.29) is 6.10 Å². The van der Waals surface area contributed by atoms with Crippen molar-refractivity contribution in [3.63, 3.8) is 0 Å². The van der Waals surface area contributed by atoms with E-state index in [2.05, 4.69) is 176 Å². The maximum atomic E-state index is 5.86. The molecule has 0 bridgehead atoms. The third-order valence-corrected chi connectivity index (χ3v) is 10.5. The van der Waals surface area contributed by atoms with E-state index >= 15 is 0 Å². The minimum atomic E-state index is 0.193. The van der Waals surface area contributed by atoms with E-state index in [1.54, 1.807) is 0 Å². The number of ether oxygens (including phenoxy) is 4. The van der Waals surface area contributed by atoms with E-state index in [4.69, 9.17) is 18.9 Å². The molecule has 2 fully saturated rings. The van der Waals surface area contributed by atoms with Crippen molar-refractivity contribution in [1.82, 2.24) is 0 Å². The van der Waals surface area contributed by atoms with Crippen molar-refractivity contribution in [2.75, 3.05) is 42.8 Å². The highest BCUT2D eigenvalue weighted by Gasteiger charge is 2.24. The van der Waals surface area contributed by atoms with Gasteiger partial charge in [0.05, 0.1) is 26.4 Å². The van der Waals surface area contributed by atoms with Crippen LogP contribution in [0.25, 0.3) is 16.9 Å². The summed E-state index contributed by atoms with van der Waals surface area (Å²) in [5.74, 6) is 0.661. The molecule has 284 valence electrons. The van der Waals surface area contributed by atoms with E-state index in [0.717, 1.165) is 83.3 Å². The predicted octanol–water partition coefficient (Wildman–Crippen LogP) is 11.8. The van der Waals surface area contributed by atoms with Crippen molar-refractivity contribution in [2.24, 2.45) is 0 Å². The minimum absolute atomic E-state index is 0.193. The molecular formula is C50H50N2O4. The molecule has 56 heavy (non-hydrogen) atoms. The highest BCUT2D eigenvalue weighted by Crippen LogP contribution is 2.39. The summed E-state index contributed by atoms with van der Waals surface area (Å²) in [4.78, 5) is 4.62. The van der Waals surface area contributed by atoms with Gasteiger partial charge in [-0.25, -0.2) is 0 Å². The smallest absolute Gasteiger partial charge is 0.119 e. The maximum Gasteiger partial charge on any atom is 0.119 e. The molecule has 0 aliphatic carbocycles. The van der Waals surface area contributed by atoms with Gasteiger partial charge in [0, 0.05) is 39.7 Å². The number of hydrogen-bond donors (Lipinski definition) is 0. The van der Waals surface area contributed by atoms with Gasteiger partial charge in [0.2, 0.25) is 0 Å². The van der Waals surface area contributed by atoms with Gasteiger partial charge in [-0.05, 0) is 132 Å². The van der Waals surface area contributed by atoms with Crippen LogP contribution in [0.2, 0.25) is 0 Å². The van der Waals surface area contributed by atoms with Gasteiger partial charge < -0.3 is 28.7 Å². The van der Waals surface area contributed by atoms with Crippen LogP contribution < -0.4 is 9.80 Å². The van der Waals surface area contributed by atoms with E-state index in [0.29, 0.717) is 31.7 Å². The van der Waals surface area contributed by atoms with Crippen molar-refractivity contribution in [2.45, 2.75) is 45.3 Å². The van der Waals surface area contributed by atoms with E-state index in [1.807, 2.05) is 0 Å². The van der Waals surface area contributed by atoms with E-state index in [9.17, 15) is 0 Å². The Bertz CT molecular complexity index is 2170. The summed E-state index contributed by atoms with van der Waals surface area (Å²) in [6, 6.07) is 52.7. The monoisotopic (exact) mass is 742 g/mol. The summed E-state index contributed by atoms with van der Waals surface area (Å²) in [5, 5.41) is 0. The number of aryl methyl sites for hydroxylation is 2. The second-order valence-corrected chi connectivity index (χ2v) is 14.5. The normalized spacial score (nSPS) is 15.6. The van der Waals surface area contributed by atoms with Crippen LogP contribution in [0.15, 0.2) is 152 Å². The molecule has 6 nitrogen and oxygen atoms in total. The van der Waals surface area contributed by atoms with Gasteiger partial charge >= 0.3 is 0 Å². The lowest BCUT2D eigenvalue weighted by atomic mass is 10.0. The highest BCUT2D eigenvalue weighted by molar-refractivity contribution is 5.81. The van der Waals surface area contributed by atoms with Crippen LogP contribution in [0.1, 0.15) is 36.1 Å². The Balaban J connectivity index is 1.02. The molecule has 0 N–H and O–H groups in total. The van der Waals surface area contributed by atoms with Crippen molar-refractivity contribution >= 4 is 39.9 Å². The van der Waals surface area contributed by atoms with Crippen LogP contribution in [-0.2, 0) is 38.2 Å². The molecule has 2 unspecified atom stereocenters. The number of anilines is 6. The number of rotatable bonds is 18. The fourth-order valence-corrected chi connectivity index (χ4v) is 6.88. The summed E-state index contributed by atoms with van der Waals surface area (Å²) in [6.07, 6.45) is 3.37. The maximum absolute atomic E-state index is 5.86. The topological polar surface area (TPSA) is 50.0 Å². The van der Waals surface area contributed by atoms with Crippen LogP contribution in [-0.4, -0.2) is 45.2 Å². The predicted molar refractivity (Wildman–Crippen MR) is 229 cm³/mol. The van der Waals surface area contributed by atoms with Crippen molar-refractivity contribution < 1.29 is 18.9 Å². The molecule has 6 aromatic carbocycles. The SMILES string of the molecule is C=C(OCC1CO1)c1ccc(N(c2ccc(CC)cc2)c2ccc(-c3ccc(N(c4ccc(CC)cc4)c4ccc(CCOCC5CO5)cc4)cc3)cc2)cc1. The lowest BCUT2D eigenvalue weighted by molar-refractivity contribution is 0.119. The van der Waals surface area contributed by atoms with Gasteiger partial charge in [0.15, 0.2) is 0 Å². The molecule has 0 radical (unpaired) electrons. The summed E-state index contributed by atoms with van der Waals surface area (Å²) in [6.45, 7) is 12.0. The Morgan fingerprint density at radius 1 is 0.518 bits per heavy atom. The zero-order valence-electron chi connectivity index (χ0n) is 32.4. The first-order valence-corrected chi connectivity index (χ1v) is 19.9. The number of epoxide rings is 2. The highest BCUT2D eigenvalue weighted by atomic mass is 16.6. The molecule has 0 aromatic heterocycles. The largest absolute Gasteiger partial charge is 0.491 e. The first-order valence-electron chi connectivity index (χ1n) is 19.9. The van der Waals surface area contributed by atoms with Gasteiger partial charge in [-0.15, -0.1) is 0 Å². The Labute approximate surface area is 331 Å². The Morgan fingerprint density at radius 2 is 0.875 bits per heavy atom. The Hall–Kier alpha value is -5.66. The minimum Gasteiger partial charge on any atom is -0.491 e. The zero-order chi connectivity index (χ0) is 38.3. The second-order valence-electron chi connectivity index (χ2n) is 14.5. The molecule has 0 saturated carbocycles. The summed E-state index contributed by atoms with van der Waals surface area (Å²) in [5.41, 5.74) is 13.8. The van der Waals surface area contributed by atoms with Crippen molar-refractivity contribution in [1.29, 1.82) is 0 Å². The van der Waals surface area contributed by atoms with Gasteiger partial charge in [0.25, 0.3) is 0 Å². The number of hydrogen-bond acceptors (Lipinski definition) is 6. The molecule has 6 heteroatoms. The molecule has 2 aliphatic heterocycles. The van der Waals surface area contributed by atoms with E-state index in [1.165, 1.54) is 16.7 Å². The fraction of sp³-hybridized carbons (Fsp3) is 0.240. The third kappa shape index (κ3) is 9.23. The third-order valence-electron chi connectivity index (χ3n) is 10.5. The molecule has 0 amide bonds. The van der Waals surface area contributed by atoms with Crippen LogP contribution in [0, 0.1) is 0 Å². The number of nitrogens with zero attached hydrogens (tertiary/aromatic N) is 2. The molecule has 2 saturated heterocycles. The average Bonchev–Trinajstić information content (AvgIpc) is 4.21. The van der Waals surface area contributed by atoms with Gasteiger partial charge in [-0.1, -0.05) is 81.1 Å². The summed E-state index contributed by atoms with van der Waals surface area (Å²) < 4.78 is 22.2. The standard InChI is InChI=1S/C50H50N2O4/c1-4-37-6-18-43(19-7-37)51(45-22-10-39(11-23-45)30-31-53-32-49-34-55-49)47-26-14-41(15-27-47)42-16-28-48(29-17-42)52(44-20-8-38(5-2)9-21-44)46-24-12-40(13-25-46)36(3)54-33-50-35-56-50/h6-29,49-50H,3-5,30-35H2,1-2H3. The van der Waals surface area contributed by atoms with Gasteiger partial charge in [-0.3, -0.25) is 0 Å². The molecule has 2 aliphatic rings. The number of benzene rings is 6. The van der Waals surface area contributed by atoms with Crippen molar-refractivity contribution in [3.05, 3.63) is 174 Å². The van der Waals surface area contributed by atoms with Gasteiger partial charge in [0.1, 0.15) is 24.6 Å². The van der Waals surface area contributed by atoms with Crippen LogP contribution in [0.4, 0.5) is 34.1 Å². The summed E-state index contributed by atoms with van der Waals surface area (Å²) in [7, 11) is 0. The van der Waals surface area contributed by atoms with Crippen LogP contribution in [0.3, 0.4) is 0 Å². The quantitative estimate of drug-likeness (QED) is 0.0496. The Kier molecular flexibility index (Phi) is 11.6. The molecule has 2 heterocycles.